The molecule has 0 heterocycles. The Morgan fingerprint density at radius 3 is 1.53 bits per heavy atom. The molecule has 1 aliphatic carbocycles. The highest BCUT2D eigenvalue weighted by molar-refractivity contribution is 7.47. The summed E-state index contributed by atoms with van der Waals surface area (Å²) < 4.78 is 34.1. The Kier molecular flexibility index (Phi) is 33.7. The van der Waals surface area contributed by atoms with Crippen LogP contribution in [-0.4, -0.2) is 98.9 Å². The summed E-state index contributed by atoms with van der Waals surface area (Å²) in [7, 11) is -5.02. The number of ether oxygens (including phenoxy) is 2. The van der Waals surface area contributed by atoms with Crippen LogP contribution in [0, 0.1) is 0 Å². The number of aliphatic hydroxyl groups is 5. The van der Waals surface area contributed by atoms with Gasteiger partial charge in [-0.15, -0.1) is 0 Å². The van der Waals surface area contributed by atoms with Crippen LogP contribution in [0.1, 0.15) is 168 Å². The predicted octanol–water partition coefficient (Wildman–Crippen LogP) is 8.86. The Labute approximate surface area is 350 Å². The average Bonchev–Trinajstić information content (AvgIpc) is 3.21. The molecule has 1 saturated carbocycles. The number of phosphoric acid groups is 1. The molecule has 0 bridgehead atoms. The van der Waals surface area contributed by atoms with E-state index in [0.29, 0.717) is 13.0 Å². The van der Waals surface area contributed by atoms with Gasteiger partial charge in [-0.3, -0.25) is 13.8 Å². The van der Waals surface area contributed by atoms with E-state index in [1.807, 2.05) is 0 Å². The quantitative estimate of drug-likeness (QED) is 0.0151. The maximum atomic E-state index is 12.8. The van der Waals surface area contributed by atoms with Gasteiger partial charge in [0, 0.05) is 13.0 Å². The Morgan fingerprint density at radius 1 is 0.569 bits per heavy atom. The number of allylic oxidation sites excluding steroid dienone is 8. The van der Waals surface area contributed by atoms with Gasteiger partial charge in [0.2, 0.25) is 0 Å². The van der Waals surface area contributed by atoms with Crippen LogP contribution >= 0.6 is 7.82 Å². The Balaban J connectivity index is 2.44. The first-order chi connectivity index (χ1) is 28.0. The fourth-order valence-electron chi connectivity index (χ4n) is 6.64. The topological polar surface area (TPSA) is 192 Å². The summed E-state index contributed by atoms with van der Waals surface area (Å²) in [5, 5.41) is 50.1. The first kappa shape index (κ1) is 54.3. The summed E-state index contributed by atoms with van der Waals surface area (Å²) >= 11 is 0. The molecule has 6 N–H and O–H groups in total. The molecule has 13 heteroatoms. The van der Waals surface area contributed by atoms with Crippen LogP contribution in [0.2, 0.25) is 0 Å². The number of carbonyl (C=O) groups is 1. The van der Waals surface area contributed by atoms with Crippen molar-refractivity contribution in [3.8, 4) is 0 Å². The highest BCUT2D eigenvalue weighted by Gasteiger charge is 2.51. The summed E-state index contributed by atoms with van der Waals surface area (Å²) in [5.41, 5.74) is 0. The molecular formula is C45H81O12P. The van der Waals surface area contributed by atoms with Gasteiger partial charge in [-0.25, -0.2) is 4.57 Å². The smallest absolute Gasteiger partial charge is 0.457 e. The first-order valence-corrected chi connectivity index (χ1v) is 24.0. The van der Waals surface area contributed by atoms with Crippen LogP contribution in [-0.2, 0) is 27.9 Å². The molecular weight excluding hydrogens is 763 g/mol. The highest BCUT2D eigenvalue weighted by atomic mass is 31.2. The molecule has 0 saturated heterocycles. The number of hydrogen-bond donors (Lipinski definition) is 6. The first-order valence-electron chi connectivity index (χ1n) is 22.5. The van der Waals surface area contributed by atoms with E-state index in [-0.39, 0.29) is 13.0 Å². The number of rotatable bonds is 37. The fourth-order valence-corrected chi connectivity index (χ4v) is 7.61. The molecule has 0 aliphatic heterocycles. The number of carbonyl (C=O) groups excluding carboxylic acids is 1. The lowest BCUT2D eigenvalue weighted by molar-refractivity contribution is -0.220. The number of unbranched alkanes of at least 4 members (excludes halogenated alkanes) is 17. The number of esters is 1. The van der Waals surface area contributed by atoms with Crippen molar-refractivity contribution in [3.05, 3.63) is 48.6 Å². The van der Waals surface area contributed by atoms with Crippen molar-refractivity contribution in [1.82, 2.24) is 0 Å². The van der Waals surface area contributed by atoms with Crippen molar-refractivity contribution < 1.29 is 58.3 Å². The molecule has 0 amide bonds. The zero-order chi connectivity index (χ0) is 42.7. The van der Waals surface area contributed by atoms with E-state index in [1.165, 1.54) is 70.6 Å². The van der Waals surface area contributed by atoms with Gasteiger partial charge in [-0.1, -0.05) is 159 Å². The molecule has 0 aromatic rings. The standard InChI is InChI=1S/C45H81O12P/c1-3-5-7-9-11-13-15-17-19-21-23-25-27-29-31-33-35-54-36-38(37-55-58(52,53)57-45-43(50)41(48)40(47)42(49)44(45)51)56-39(46)34-32-30-28-26-24-22-20-18-16-14-12-10-8-6-4-2/h5,7,11,13,17,19,23,25,38,40-45,47-51H,3-4,6,8-10,12,14-16,18,20-22,24,26-37H2,1-2H3,(H,52,53)/b7-5-,13-11-,19-17-,25-23-. The molecule has 12 nitrogen and oxygen atoms in total. The van der Waals surface area contributed by atoms with Gasteiger partial charge in [0.05, 0.1) is 13.2 Å². The van der Waals surface area contributed by atoms with Crippen molar-refractivity contribution in [2.45, 2.75) is 211 Å². The van der Waals surface area contributed by atoms with Gasteiger partial charge in [-0.2, -0.15) is 0 Å². The van der Waals surface area contributed by atoms with Crippen molar-refractivity contribution in [3.63, 3.8) is 0 Å². The van der Waals surface area contributed by atoms with Crippen molar-refractivity contribution in [1.29, 1.82) is 0 Å². The highest BCUT2D eigenvalue weighted by Crippen LogP contribution is 2.47. The van der Waals surface area contributed by atoms with E-state index in [1.54, 1.807) is 0 Å². The molecule has 1 rings (SSSR count). The average molecular weight is 845 g/mol. The van der Waals surface area contributed by atoms with Crippen LogP contribution in [0.5, 0.6) is 0 Å². The molecule has 0 aromatic carbocycles. The summed E-state index contributed by atoms with van der Waals surface area (Å²) in [5.74, 6) is -0.489. The second-order valence-corrected chi connectivity index (χ2v) is 16.9. The SMILES string of the molecule is CC/C=C\C/C=C\C/C=C\C/C=C\CCCCCOCC(COP(=O)(O)OC1C(O)C(O)C(O)C(O)C1O)OC(=O)CCCCCCCCCCCCCCCCC. The van der Waals surface area contributed by atoms with E-state index < -0.39 is 63.1 Å². The third-order valence-electron chi connectivity index (χ3n) is 10.2. The molecule has 338 valence electrons. The molecule has 1 fully saturated rings. The van der Waals surface area contributed by atoms with Crippen molar-refractivity contribution >= 4 is 13.8 Å². The van der Waals surface area contributed by atoms with Crippen molar-refractivity contribution in [2.75, 3.05) is 19.8 Å². The summed E-state index contributed by atoms with van der Waals surface area (Å²) in [6.45, 7) is 4.07. The van der Waals surface area contributed by atoms with Crippen LogP contribution in [0.15, 0.2) is 48.6 Å². The Hall–Kier alpha value is -1.70. The summed E-state index contributed by atoms with van der Waals surface area (Å²) in [4.78, 5) is 23.1. The van der Waals surface area contributed by atoms with E-state index in [4.69, 9.17) is 18.5 Å². The van der Waals surface area contributed by atoms with Gasteiger partial charge >= 0.3 is 13.8 Å². The van der Waals surface area contributed by atoms with E-state index >= 15 is 0 Å². The van der Waals surface area contributed by atoms with Gasteiger partial charge in [-0.05, 0) is 51.4 Å². The third-order valence-corrected chi connectivity index (χ3v) is 11.2. The van der Waals surface area contributed by atoms with Crippen molar-refractivity contribution in [2.24, 2.45) is 0 Å². The third kappa shape index (κ3) is 27.9. The van der Waals surface area contributed by atoms with Crippen LogP contribution in [0.3, 0.4) is 0 Å². The molecule has 0 spiro atoms. The molecule has 0 radical (unpaired) electrons. The second kappa shape index (κ2) is 36.0. The lowest BCUT2D eigenvalue weighted by Crippen LogP contribution is -2.64. The summed E-state index contributed by atoms with van der Waals surface area (Å²) in [6.07, 6.45) is 30.4. The Morgan fingerprint density at radius 2 is 1.02 bits per heavy atom. The molecule has 6 unspecified atom stereocenters. The number of phosphoric ester groups is 1. The summed E-state index contributed by atoms with van der Waals surface area (Å²) in [6, 6.07) is 0. The van der Waals surface area contributed by atoms with Gasteiger partial charge in [0.15, 0.2) is 0 Å². The monoisotopic (exact) mass is 845 g/mol. The lowest BCUT2D eigenvalue weighted by atomic mass is 9.85. The maximum Gasteiger partial charge on any atom is 0.472 e. The maximum absolute atomic E-state index is 12.8. The number of hydrogen-bond acceptors (Lipinski definition) is 11. The molecule has 0 aromatic heterocycles. The minimum absolute atomic E-state index is 0.0975. The van der Waals surface area contributed by atoms with Gasteiger partial charge in [0.1, 0.15) is 42.7 Å². The zero-order valence-corrected chi connectivity index (χ0v) is 36.7. The van der Waals surface area contributed by atoms with Crippen LogP contribution < -0.4 is 0 Å². The largest absolute Gasteiger partial charge is 0.472 e. The normalized spacial score (nSPS) is 23.1. The zero-order valence-electron chi connectivity index (χ0n) is 35.8. The predicted molar refractivity (Wildman–Crippen MR) is 230 cm³/mol. The number of aliphatic hydroxyl groups excluding tert-OH is 5. The van der Waals surface area contributed by atoms with Gasteiger partial charge in [0.25, 0.3) is 0 Å². The van der Waals surface area contributed by atoms with E-state index in [9.17, 15) is 39.8 Å². The minimum Gasteiger partial charge on any atom is -0.457 e. The van der Waals surface area contributed by atoms with Crippen LogP contribution in [0.4, 0.5) is 0 Å². The molecule has 58 heavy (non-hydrogen) atoms. The van der Waals surface area contributed by atoms with Crippen LogP contribution in [0.25, 0.3) is 0 Å². The molecule has 6 atom stereocenters. The second-order valence-electron chi connectivity index (χ2n) is 15.5. The molecule has 1 aliphatic rings. The fraction of sp³-hybridized carbons (Fsp3) is 0.800. The minimum atomic E-state index is -5.02. The lowest BCUT2D eigenvalue weighted by Gasteiger charge is -2.41. The Bertz CT molecular complexity index is 1140. The van der Waals surface area contributed by atoms with Gasteiger partial charge < -0.3 is 39.9 Å². The van der Waals surface area contributed by atoms with E-state index in [0.717, 1.165) is 70.6 Å². The van der Waals surface area contributed by atoms with E-state index in [2.05, 4.69) is 62.5 Å².